The molecule has 2 aromatic heterocycles. The van der Waals surface area contributed by atoms with Crippen molar-refractivity contribution in [1.82, 2.24) is 40.6 Å². The Labute approximate surface area is 221 Å². The maximum absolute atomic E-state index is 12.2. The van der Waals surface area contributed by atoms with Gasteiger partial charge in [0.2, 0.25) is 5.82 Å². The number of fused-ring (bicyclic) bond motifs is 1. The van der Waals surface area contributed by atoms with Crippen LogP contribution in [0.1, 0.15) is 31.2 Å². The van der Waals surface area contributed by atoms with Crippen LogP contribution in [-0.4, -0.2) is 55.3 Å². The highest BCUT2D eigenvalue weighted by atomic mass is 16.2. The summed E-state index contributed by atoms with van der Waals surface area (Å²) >= 11 is 0. The Balaban J connectivity index is 1.45. The molecule has 2 heterocycles. The molecule has 0 aliphatic heterocycles. The van der Waals surface area contributed by atoms with Crippen molar-refractivity contribution in [2.45, 2.75) is 32.7 Å². The highest BCUT2D eigenvalue weighted by Gasteiger charge is 2.14. The van der Waals surface area contributed by atoms with E-state index in [0.29, 0.717) is 18.1 Å². The van der Waals surface area contributed by atoms with Gasteiger partial charge in [-0.25, -0.2) is 14.8 Å². The van der Waals surface area contributed by atoms with Gasteiger partial charge in [0, 0.05) is 38.3 Å². The van der Waals surface area contributed by atoms with Crippen molar-refractivity contribution in [3.8, 4) is 22.5 Å². The van der Waals surface area contributed by atoms with Crippen LogP contribution in [0.2, 0.25) is 0 Å². The first-order chi connectivity index (χ1) is 18.5. The summed E-state index contributed by atoms with van der Waals surface area (Å²) in [6, 6.07) is 22.1. The lowest BCUT2D eigenvalue weighted by atomic mass is 9.98. The molecular formula is C28H31N9O. The summed E-state index contributed by atoms with van der Waals surface area (Å²) in [6.07, 6.45) is 3.05. The topological polar surface area (TPSA) is 117 Å². The number of nitrogens with zero attached hydrogens (tertiary/aromatic N) is 6. The van der Waals surface area contributed by atoms with Crippen molar-refractivity contribution in [3.05, 3.63) is 78.1 Å². The van der Waals surface area contributed by atoms with Gasteiger partial charge in [-0.3, -0.25) is 5.43 Å². The lowest BCUT2D eigenvalue weighted by molar-refractivity contribution is 0.224. The number of unbranched alkanes of at least 4 members (excludes halogenated alkanes) is 1. The van der Waals surface area contributed by atoms with E-state index in [2.05, 4.69) is 73.2 Å². The quantitative estimate of drug-likeness (QED) is 0.244. The number of benzene rings is 3. The monoisotopic (exact) mass is 509 g/mol. The van der Waals surface area contributed by atoms with Crippen LogP contribution in [0.4, 0.5) is 10.5 Å². The molecule has 3 N–H and O–H groups in total. The molecule has 0 saturated carbocycles. The van der Waals surface area contributed by atoms with E-state index in [-0.39, 0.29) is 6.03 Å². The van der Waals surface area contributed by atoms with E-state index in [4.69, 9.17) is 4.98 Å². The van der Waals surface area contributed by atoms with E-state index >= 15 is 0 Å². The van der Waals surface area contributed by atoms with Gasteiger partial charge in [-0.05, 0) is 46.5 Å². The number of carbonyl (C=O) groups is 1. The van der Waals surface area contributed by atoms with Crippen LogP contribution in [-0.2, 0) is 13.0 Å². The van der Waals surface area contributed by atoms with Crippen LogP contribution in [0.5, 0.6) is 0 Å². The first-order valence-electron chi connectivity index (χ1n) is 12.7. The van der Waals surface area contributed by atoms with E-state index in [1.807, 2.05) is 36.4 Å². The van der Waals surface area contributed by atoms with Gasteiger partial charge in [0.25, 0.3) is 0 Å². The number of hydrogen-bond donors (Lipinski definition) is 3. The number of imidazole rings is 1. The number of amides is 2. The number of H-pyrrole nitrogens is 1. The Hall–Kier alpha value is -4.57. The number of nitrogens with one attached hydrogen (secondary N) is 3. The molecule has 10 nitrogen and oxygen atoms in total. The molecule has 0 aliphatic rings. The molecular weight excluding hydrogens is 478 g/mol. The van der Waals surface area contributed by atoms with Crippen LogP contribution in [0.3, 0.4) is 0 Å². The second-order valence-electron chi connectivity index (χ2n) is 9.36. The maximum atomic E-state index is 12.2. The lowest BCUT2D eigenvalue weighted by Gasteiger charge is -2.14. The highest BCUT2D eigenvalue weighted by Crippen LogP contribution is 2.30. The third-order valence-corrected chi connectivity index (χ3v) is 6.28. The molecule has 5 aromatic rings. The molecule has 0 aliphatic carbocycles. The van der Waals surface area contributed by atoms with Gasteiger partial charge in [-0.15, -0.1) is 10.2 Å². The third-order valence-electron chi connectivity index (χ3n) is 6.28. The average Bonchev–Trinajstić information content (AvgIpc) is 3.56. The van der Waals surface area contributed by atoms with Crippen LogP contribution in [0.15, 0.2) is 66.7 Å². The summed E-state index contributed by atoms with van der Waals surface area (Å²) in [4.78, 5) is 17.2. The zero-order valence-corrected chi connectivity index (χ0v) is 21.8. The second kappa shape index (κ2) is 11.2. The standard InChI is InChI=1S/C28H31N9O/c1-4-5-10-26-30-24-16-15-21(29-28(38)33-36(2)3)17-25(24)37(26)18-19-11-13-20(14-12-19)22-8-6-7-9-23(22)27-31-34-35-32-27/h6-9,11-17H,4-5,10,18H2,1-3H3,(H2,29,33,38)(H,31,32,34,35). The molecule has 0 spiro atoms. The Morgan fingerprint density at radius 1 is 1.03 bits per heavy atom. The van der Waals surface area contributed by atoms with Crippen molar-refractivity contribution in [1.29, 1.82) is 0 Å². The molecule has 5 rings (SSSR count). The number of tetrazole rings is 1. The molecule has 0 radical (unpaired) electrons. The van der Waals surface area contributed by atoms with Crippen molar-refractivity contribution < 1.29 is 4.79 Å². The van der Waals surface area contributed by atoms with E-state index in [1.54, 1.807) is 19.1 Å². The molecule has 3 aromatic carbocycles. The number of anilines is 1. The third kappa shape index (κ3) is 5.55. The minimum absolute atomic E-state index is 0.289. The minimum Gasteiger partial charge on any atom is -0.323 e. The van der Waals surface area contributed by atoms with Crippen LogP contribution in [0, 0.1) is 0 Å². The largest absolute Gasteiger partial charge is 0.333 e. The molecule has 10 heteroatoms. The fourth-order valence-corrected chi connectivity index (χ4v) is 4.49. The number of carbonyl (C=O) groups excluding carboxylic acids is 1. The van der Waals surface area contributed by atoms with Crippen LogP contribution >= 0.6 is 0 Å². The average molecular weight is 510 g/mol. The minimum atomic E-state index is -0.289. The van der Waals surface area contributed by atoms with E-state index < -0.39 is 0 Å². The summed E-state index contributed by atoms with van der Waals surface area (Å²) in [5.74, 6) is 1.61. The predicted octanol–water partition coefficient (Wildman–Crippen LogP) is 4.87. The smallest absolute Gasteiger partial charge is 0.323 e. The van der Waals surface area contributed by atoms with Crippen molar-refractivity contribution in [2.24, 2.45) is 0 Å². The normalized spacial score (nSPS) is 11.3. The van der Waals surface area contributed by atoms with Gasteiger partial charge < -0.3 is 9.88 Å². The molecule has 0 fully saturated rings. The zero-order chi connectivity index (χ0) is 26.5. The number of aromatic nitrogens is 6. The number of rotatable bonds is 9. The molecule has 38 heavy (non-hydrogen) atoms. The van der Waals surface area contributed by atoms with Gasteiger partial charge in [0.1, 0.15) is 5.82 Å². The van der Waals surface area contributed by atoms with Gasteiger partial charge in [0.15, 0.2) is 0 Å². The van der Waals surface area contributed by atoms with Gasteiger partial charge in [0.05, 0.1) is 11.0 Å². The zero-order valence-electron chi connectivity index (χ0n) is 21.8. The highest BCUT2D eigenvalue weighted by molar-refractivity contribution is 5.91. The summed E-state index contributed by atoms with van der Waals surface area (Å²) in [5, 5.41) is 19.0. The van der Waals surface area contributed by atoms with Crippen LogP contribution < -0.4 is 10.7 Å². The second-order valence-corrected chi connectivity index (χ2v) is 9.36. The van der Waals surface area contributed by atoms with E-state index in [0.717, 1.165) is 58.4 Å². The number of aryl methyl sites for hydroxylation is 1. The first kappa shape index (κ1) is 25.1. The lowest BCUT2D eigenvalue weighted by Crippen LogP contribution is -2.39. The van der Waals surface area contributed by atoms with Gasteiger partial charge >= 0.3 is 6.03 Å². The number of hydrogen-bond acceptors (Lipinski definition) is 6. The van der Waals surface area contributed by atoms with Crippen LogP contribution in [0.25, 0.3) is 33.5 Å². The van der Waals surface area contributed by atoms with Gasteiger partial charge in [-0.1, -0.05) is 61.9 Å². The first-order valence-corrected chi connectivity index (χ1v) is 12.7. The Morgan fingerprint density at radius 3 is 2.53 bits per heavy atom. The van der Waals surface area contributed by atoms with Gasteiger partial charge in [-0.2, -0.15) is 5.21 Å². The fourth-order valence-electron chi connectivity index (χ4n) is 4.49. The maximum Gasteiger partial charge on any atom is 0.333 e. The summed E-state index contributed by atoms with van der Waals surface area (Å²) < 4.78 is 2.25. The molecule has 0 atom stereocenters. The molecule has 194 valence electrons. The Morgan fingerprint density at radius 2 is 1.82 bits per heavy atom. The number of hydrazine groups is 1. The number of urea groups is 1. The Kier molecular flexibility index (Phi) is 7.41. The van der Waals surface area contributed by atoms with Crippen molar-refractivity contribution in [2.75, 3.05) is 19.4 Å². The van der Waals surface area contributed by atoms with E-state index in [9.17, 15) is 4.79 Å². The summed E-state index contributed by atoms with van der Waals surface area (Å²) in [7, 11) is 3.54. The molecule has 2 amide bonds. The molecule has 0 saturated heterocycles. The predicted molar refractivity (Wildman–Crippen MR) is 148 cm³/mol. The summed E-state index contributed by atoms with van der Waals surface area (Å²) in [5.41, 5.74) is 9.54. The number of aromatic amines is 1. The van der Waals surface area contributed by atoms with E-state index in [1.165, 1.54) is 0 Å². The molecule has 0 bridgehead atoms. The van der Waals surface area contributed by atoms with Crippen molar-refractivity contribution >= 4 is 22.8 Å². The molecule has 0 unspecified atom stereocenters. The van der Waals surface area contributed by atoms with Crippen molar-refractivity contribution in [3.63, 3.8) is 0 Å². The summed E-state index contributed by atoms with van der Waals surface area (Å²) in [6.45, 7) is 2.86. The SMILES string of the molecule is CCCCc1nc2ccc(NC(=O)NN(C)C)cc2n1Cc1ccc(-c2ccccc2-c2nn[nH]n2)cc1. The Bertz CT molecular complexity index is 1520. The fraction of sp³-hybridized carbons (Fsp3) is 0.250.